The zero-order valence-corrected chi connectivity index (χ0v) is 14.6. The zero-order valence-electron chi connectivity index (χ0n) is 11.5. The van der Waals surface area contributed by atoms with Gasteiger partial charge in [-0.3, -0.25) is 0 Å². The van der Waals surface area contributed by atoms with E-state index in [2.05, 4.69) is 76.1 Å². The van der Waals surface area contributed by atoms with E-state index in [1.54, 1.807) is 0 Å². The number of nitrogens with one attached hydrogen (secondary N) is 1. The highest BCUT2D eigenvalue weighted by Crippen LogP contribution is 2.31. The molecule has 0 saturated carbocycles. The van der Waals surface area contributed by atoms with E-state index in [4.69, 9.17) is 0 Å². The number of benzene rings is 1. The van der Waals surface area contributed by atoms with Crippen LogP contribution in [0.25, 0.3) is 0 Å². The van der Waals surface area contributed by atoms with Gasteiger partial charge in [-0.15, -0.1) is 0 Å². The Morgan fingerprint density at radius 1 is 1.11 bits per heavy atom. The van der Waals surface area contributed by atoms with Gasteiger partial charge in [-0.25, -0.2) is 0 Å². The first-order valence-corrected chi connectivity index (χ1v) is 8.39. The van der Waals surface area contributed by atoms with Crippen LogP contribution in [-0.4, -0.2) is 6.54 Å². The van der Waals surface area contributed by atoms with Gasteiger partial charge in [0.05, 0.1) is 0 Å². The van der Waals surface area contributed by atoms with Crippen LogP contribution in [0.3, 0.4) is 0 Å². The Morgan fingerprint density at radius 3 is 2.28 bits per heavy atom. The molecular weight excluding hydrogens is 354 g/mol. The molecule has 1 aromatic rings. The molecule has 0 aliphatic carbocycles. The SMILES string of the molecule is CCNC(CC(CC)CC)c1ccc(Br)cc1Br. The normalized spacial score (nSPS) is 13.0. The molecule has 1 N–H and O–H groups in total. The van der Waals surface area contributed by atoms with E-state index >= 15 is 0 Å². The molecule has 1 rings (SSSR count). The molecule has 1 nitrogen and oxygen atoms in total. The summed E-state index contributed by atoms with van der Waals surface area (Å²) in [6, 6.07) is 6.91. The minimum absolute atomic E-state index is 0.447. The van der Waals surface area contributed by atoms with Gasteiger partial charge in [-0.2, -0.15) is 0 Å². The van der Waals surface area contributed by atoms with Crippen molar-refractivity contribution in [2.75, 3.05) is 6.54 Å². The van der Waals surface area contributed by atoms with Crippen LogP contribution in [0.5, 0.6) is 0 Å². The second-order valence-corrected chi connectivity index (χ2v) is 6.46. The van der Waals surface area contributed by atoms with Crippen molar-refractivity contribution in [3.05, 3.63) is 32.7 Å². The third-order valence-corrected chi connectivity index (χ3v) is 4.69. The average molecular weight is 377 g/mol. The first-order valence-electron chi connectivity index (χ1n) is 6.80. The van der Waals surface area contributed by atoms with Gasteiger partial charge in [-0.1, -0.05) is 71.5 Å². The molecule has 1 aromatic carbocycles. The van der Waals surface area contributed by atoms with Crippen molar-refractivity contribution in [1.82, 2.24) is 5.32 Å². The maximum atomic E-state index is 3.68. The lowest BCUT2D eigenvalue weighted by Gasteiger charge is -2.24. The predicted octanol–water partition coefficient (Wildman–Crippen LogP) is 5.69. The predicted molar refractivity (Wildman–Crippen MR) is 86.9 cm³/mol. The summed E-state index contributed by atoms with van der Waals surface area (Å²) in [6.07, 6.45) is 3.72. The molecule has 0 spiro atoms. The van der Waals surface area contributed by atoms with Gasteiger partial charge in [0, 0.05) is 15.0 Å². The Kier molecular flexibility index (Phi) is 7.50. The molecule has 0 bridgehead atoms. The molecule has 3 heteroatoms. The Morgan fingerprint density at radius 2 is 1.78 bits per heavy atom. The summed E-state index contributed by atoms with van der Waals surface area (Å²) in [4.78, 5) is 0. The molecule has 0 aliphatic heterocycles. The molecule has 18 heavy (non-hydrogen) atoms. The van der Waals surface area contributed by atoms with Crippen molar-refractivity contribution in [1.29, 1.82) is 0 Å². The smallest absolute Gasteiger partial charge is 0.0333 e. The summed E-state index contributed by atoms with van der Waals surface area (Å²) in [7, 11) is 0. The van der Waals surface area contributed by atoms with Gasteiger partial charge >= 0.3 is 0 Å². The molecule has 1 atom stereocenters. The molecule has 0 amide bonds. The third kappa shape index (κ3) is 4.67. The minimum atomic E-state index is 0.447. The zero-order chi connectivity index (χ0) is 13.5. The fraction of sp³-hybridized carbons (Fsp3) is 0.600. The minimum Gasteiger partial charge on any atom is -0.310 e. The molecule has 0 fully saturated rings. The van der Waals surface area contributed by atoms with Gasteiger partial charge < -0.3 is 5.32 Å². The van der Waals surface area contributed by atoms with Gasteiger partial charge in [0.1, 0.15) is 0 Å². The Bertz CT molecular complexity index is 362. The quantitative estimate of drug-likeness (QED) is 0.644. The van der Waals surface area contributed by atoms with E-state index in [0.717, 1.165) is 16.9 Å². The second kappa shape index (κ2) is 8.34. The van der Waals surface area contributed by atoms with Crippen LogP contribution >= 0.6 is 31.9 Å². The van der Waals surface area contributed by atoms with Crippen molar-refractivity contribution in [3.8, 4) is 0 Å². The van der Waals surface area contributed by atoms with Crippen LogP contribution < -0.4 is 5.32 Å². The summed E-state index contributed by atoms with van der Waals surface area (Å²) in [6.45, 7) is 7.75. The molecule has 1 unspecified atom stereocenters. The first-order chi connectivity index (χ1) is 8.62. The first kappa shape index (κ1) is 16.2. The molecule has 0 radical (unpaired) electrons. The van der Waals surface area contributed by atoms with E-state index in [9.17, 15) is 0 Å². The van der Waals surface area contributed by atoms with E-state index in [0.29, 0.717) is 6.04 Å². The van der Waals surface area contributed by atoms with Crippen molar-refractivity contribution in [3.63, 3.8) is 0 Å². The molecule has 0 aliphatic rings. The number of rotatable bonds is 7. The number of hydrogen-bond donors (Lipinski definition) is 1. The maximum absolute atomic E-state index is 3.68. The lowest BCUT2D eigenvalue weighted by molar-refractivity contribution is 0.375. The fourth-order valence-electron chi connectivity index (χ4n) is 2.31. The lowest BCUT2D eigenvalue weighted by atomic mass is 9.91. The summed E-state index contributed by atoms with van der Waals surface area (Å²) in [5.74, 6) is 0.796. The van der Waals surface area contributed by atoms with Gasteiger partial charge in [-0.05, 0) is 36.6 Å². The van der Waals surface area contributed by atoms with Crippen molar-refractivity contribution in [2.24, 2.45) is 5.92 Å². The van der Waals surface area contributed by atoms with Crippen molar-refractivity contribution < 1.29 is 0 Å². The molecule has 0 aromatic heterocycles. The topological polar surface area (TPSA) is 12.0 Å². The summed E-state index contributed by atoms with van der Waals surface area (Å²) >= 11 is 7.19. The second-order valence-electron chi connectivity index (χ2n) is 4.69. The Balaban J connectivity index is 2.89. The van der Waals surface area contributed by atoms with Gasteiger partial charge in [0.2, 0.25) is 0 Å². The largest absolute Gasteiger partial charge is 0.310 e. The van der Waals surface area contributed by atoms with Crippen molar-refractivity contribution in [2.45, 2.75) is 46.1 Å². The molecular formula is C15H23Br2N. The summed E-state index contributed by atoms with van der Waals surface area (Å²) in [5, 5.41) is 3.61. The highest BCUT2D eigenvalue weighted by molar-refractivity contribution is 9.11. The number of hydrogen-bond acceptors (Lipinski definition) is 1. The third-order valence-electron chi connectivity index (χ3n) is 3.51. The summed E-state index contributed by atoms with van der Waals surface area (Å²) in [5.41, 5.74) is 1.37. The molecule has 102 valence electrons. The highest BCUT2D eigenvalue weighted by atomic mass is 79.9. The van der Waals surface area contributed by atoms with Crippen molar-refractivity contribution >= 4 is 31.9 Å². The van der Waals surface area contributed by atoms with Crippen LogP contribution in [0, 0.1) is 5.92 Å². The monoisotopic (exact) mass is 375 g/mol. The van der Waals surface area contributed by atoms with E-state index in [1.807, 2.05) is 0 Å². The average Bonchev–Trinajstić information content (AvgIpc) is 2.35. The highest BCUT2D eigenvalue weighted by Gasteiger charge is 2.17. The molecule has 0 heterocycles. The van der Waals surface area contributed by atoms with Crippen LogP contribution in [-0.2, 0) is 0 Å². The molecule has 0 saturated heterocycles. The van der Waals surface area contributed by atoms with E-state index in [-0.39, 0.29) is 0 Å². The van der Waals surface area contributed by atoms with Gasteiger partial charge in [0.25, 0.3) is 0 Å². The Hall–Kier alpha value is 0.140. The van der Waals surface area contributed by atoms with E-state index in [1.165, 1.54) is 29.3 Å². The van der Waals surface area contributed by atoms with E-state index < -0.39 is 0 Å². The number of halogens is 2. The van der Waals surface area contributed by atoms with Crippen LogP contribution in [0.15, 0.2) is 27.1 Å². The fourth-order valence-corrected chi connectivity index (χ4v) is 3.63. The van der Waals surface area contributed by atoms with Crippen LogP contribution in [0.1, 0.15) is 51.6 Å². The standard InChI is InChI=1S/C15H23Br2N/c1-4-11(5-2)9-15(18-6-3)13-8-7-12(16)10-14(13)17/h7-8,10-11,15,18H,4-6,9H2,1-3H3. The lowest BCUT2D eigenvalue weighted by Crippen LogP contribution is -2.23. The van der Waals surface area contributed by atoms with Crippen LogP contribution in [0.2, 0.25) is 0 Å². The summed E-state index contributed by atoms with van der Waals surface area (Å²) < 4.78 is 2.31. The van der Waals surface area contributed by atoms with Crippen LogP contribution in [0.4, 0.5) is 0 Å². The maximum Gasteiger partial charge on any atom is 0.0333 e. The van der Waals surface area contributed by atoms with Gasteiger partial charge in [0.15, 0.2) is 0 Å². The Labute approximate surface area is 128 Å².